The van der Waals surface area contributed by atoms with Gasteiger partial charge in [-0.15, -0.1) is 0 Å². The predicted octanol–water partition coefficient (Wildman–Crippen LogP) is 8.39. The summed E-state index contributed by atoms with van der Waals surface area (Å²) in [4.78, 5) is 94.3. The second kappa shape index (κ2) is 32.8. The zero-order chi connectivity index (χ0) is 64.6. The minimum Gasteiger partial charge on any atom is -0.463 e. The third kappa shape index (κ3) is 21.0. The van der Waals surface area contributed by atoms with E-state index in [-0.39, 0.29) is 24.3 Å². The average molecular weight is 1360 g/mol. The second-order valence-corrected chi connectivity index (χ2v) is 24.9. The van der Waals surface area contributed by atoms with Crippen LogP contribution in [-0.2, 0) is 103 Å². The van der Waals surface area contributed by atoms with E-state index < -0.39 is 167 Å². The van der Waals surface area contributed by atoms with E-state index in [4.69, 9.17) is 146 Å². The molecule has 0 saturated carbocycles. The van der Waals surface area contributed by atoms with E-state index in [2.05, 4.69) is 5.32 Å². The Labute approximate surface area is 540 Å². The van der Waals surface area contributed by atoms with Crippen molar-refractivity contribution in [2.24, 2.45) is 0 Å². The van der Waals surface area contributed by atoms with Crippen LogP contribution in [-0.4, -0.2) is 167 Å². The topological polar surface area (TPSA) is 294 Å². The van der Waals surface area contributed by atoms with E-state index in [1.165, 1.54) is 31.2 Å². The molecule has 24 nitrogen and oxygen atoms in total. The summed E-state index contributed by atoms with van der Waals surface area (Å²) < 4.78 is 88.3. The molecule has 0 unspecified atom stereocenters. The normalized spacial score (nSPS) is 26.9. The maximum absolute atomic E-state index is 14.4. The number of benzene rings is 4. The van der Waals surface area contributed by atoms with Gasteiger partial charge in [0.1, 0.15) is 49.8 Å². The van der Waals surface area contributed by atoms with Gasteiger partial charge in [0.15, 0.2) is 43.1 Å². The van der Waals surface area contributed by atoms with E-state index in [9.17, 15) is 33.6 Å². The van der Waals surface area contributed by atoms with Crippen LogP contribution < -0.4 is 5.32 Å². The van der Waals surface area contributed by atoms with Gasteiger partial charge in [-0.2, -0.15) is 0 Å². The van der Waals surface area contributed by atoms with Crippen LogP contribution in [0.4, 0.5) is 4.79 Å². The largest absolute Gasteiger partial charge is 0.463 e. The Morgan fingerprint density at radius 1 is 0.483 bits per heavy atom. The first-order valence-electron chi connectivity index (χ1n) is 27.3. The van der Waals surface area contributed by atoms with E-state index in [1.54, 1.807) is 97.1 Å². The number of nitrogens with one attached hydrogen (secondary N) is 2. The third-order valence-electron chi connectivity index (χ3n) is 13.2. The molecule has 7 rings (SSSR count). The standard InChI is InChI=1S/C59H62Cl6N2O22/c1-31-43(85-51(72)38-22-14-8-15-23-38)47(86-52(73)39-24-16-9-17-25-39)49(77-27-37-20-12-7-13-21-37)54(79-31)88-46-42(67-57(74)78-30-58(60,61)62)53(89-56(66)59(63,64)65)83-40(28-75-26-36-18-10-6-11-19-36)44(46)87-55-50(82-35(5)71)48(81-34(4)70)45(80-33(3)69)41(84-55)29-76-32(2)68/h6-25,31,40-50,53-55,66H,26-30H2,1-5H3,(H,67,74)/t31-,40+,41+,42+,43+,44+,45-,46+,47+,48-,49-,50+,53-,54-,55-/m0/s1. The van der Waals surface area contributed by atoms with Crippen LogP contribution in [0.1, 0.15) is 66.5 Å². The number of carbonyl (C=O) groups is 7. The first-order chi connectivity index (χ1) is 42.2. The highest BCUT2D eigenvalue weighted by atomic mass is 35.6. The highest BCUT2D eigenvalue weighted by molar-refractivity contribution is 6.76. The van der Waals surface area contributed by atoms with Crippen LogP contribution in [0.15, 0.2) is 121 Å². The molecule has 0 radical (unpaired) electrons. The van der Waals surface area contributed by atoms with Crippen LogP contribution in [0.2, 0.25) is 0 Å². The Balaban J connectivity index is 1.45. The van der Waals surface area contributed by atoms with Gasteiger partial charge in [0, 0.05) is 27.7 Å². The van der Waals surface area contributed by atoms with Crippen LogP contribution in [0.5, 0.6) is 0 Å². The molecule has 3 saturated heterocycles. The number of halogens is 6. The van der Waals surface area contributed by atoms with Crippen molar-refractivity contribution in [1.82, 2.24) is 5.32 Å². The van der Waals surface area contributed by atoms with E-state index in [0.29, 0.717) is 11.1 Å². The molecule has 1 amide bonds. The van der Waals surface area contributed by atoms with Gasteiger partial charge in [-0.25, -0.2) is 14.4 Å². The van der Waals surface area contributed by atoms with Gasteiger partial charge in [-0.3, -0.25) is 24.6 Å². The number of hydrogen-bond acceptors (Lipinski definition) is 23. The molecule has 0 bridgehead atoms. The Bertz CT molecular complexity index is 3020. The highest BCUT2D eigenvalue weighted by Gasteiger charge is 2.60. The van der Waals surface area contributed by atoms with Crippen molar-refractivity contribution in [2.75, 3.05) is 19.8 Å². The number of esters is 6. The van der Waals surface area contributed by atoms with Crippen LogP contribution in [0.25, 0.3) is 0 Å². The fourth-order valence-corrected chi connectivity index (χ4v) is 9.75. The Morgan fingerprint density at radius 3 is 1.47 bits per heavy atom. The molecular formula is C59H62Cl6N2O22. The molecule has 3 aliphatic heterocycles. The SMILES string of the molecule is CC(=O)OC[C@H]1O[C@@H](O[C@H]2[C@H](O[C@@H]3O[C@@H](C)[C@@H](OC(=O)c4ccccc4)[C@@H](OC(=O)c4ccccc4)[C@@H]3OCc3ccccc3)[C@@H](NC(=O)OCC(Cl)(Cl)Cl)[C@H](OC(=N)C(Cl)(Cl)Cl)O[C@@H]2COCc2ccccc2)[C@H](OC(C)=O)[C@@H](OC(C)=O)[C@H]1OC(C)=O. The molecule has 4 aromatic carbocycles. The molecule has 0 spiro atoms. The summed E-state index contributed by atoms with van der Waals surface area (Å²) in [6.45, 7) is 3.05. The summed E-state index contributed by atoms with van der Waals surface area (Å²) in [5.41, 5.74) is 1.39. The van der Waals surface area contributed by atoms with Crippen LogP contribution >= 0.6 is 69.6 Å². The fraction of sp³-hybridized carbons (Fsp3) is 0.458. The van der Waals surface area contributed by atoms with Crippen molar-refractivity contribution < 1.29 is 105 Å². The number of alkyl halides is 6. The quantitative estimate of drug-likeness (QED) is 0.0231. The van der Waals surface area contributed by atoms with Gasteiger partial charge < -0.3 is 76.4 Å². The minimum absolute atomic E-state index is 0.0640. The van der Waals surface area contributed by atoms with Crippen molar-refractivity contribution in [3.05, 3.63) is 144 Å². The summed E-state index contributed by atoms with van der Waals surface area (Å²) in [7, 11) is 0. The summed E-state index contributed by atoms with van der Waals surface area (Å²) >= 11 is 36.8. The second-order valence-electron chi connectivity index (χ2n) is 20.1. The lowest BCUT2D eigenvalue weighted by Crippen LogP contribution is -2.71. The molecule has 30 heteroatoms. The molecule has 4 aromatic rings. The molecule has 0 aliphatic carbocycles. The van der Waals surface area contributed by atoms with Crippen molar-refractivity contribution in [2.45, 2.75) is 147 Å². The van der Waals surface area contributed by atoms with Crippen molar-refractivity contribution in [3.8, 4) is 0 Å². The number of amides is 1. The minimum atomic E-state index is -2.62. The summed E-state index contributed by atoms with van der Waals surface area (Å²) in [6.07, 6.45) is -26.0. The third-order valence-corrected chi connectivity index (χ3v) is 14.1. The number of carbonyl (C=O) groups excluding carboxylic acids is 7. The first-order valence-corrected chi connectivity index (χ1v) is 29.5. The van der Waals surface area contributed by atoms with Gasteiger partial charge in [-0.1, -0.05) is 167 Å². The Morgan fingerprint density at radius 2 is 0.944 bits per heavy atom. The van der Waals surface area contributed by atoms with Gasteiger partial charge >= 0.3 is 41.9 Å². The van der Waals surface area contributed by atoms with Gasteiger partial charge in [-0.05, 0) is 42.3 Å². The molecular weight excluding hydrogens is 1300 g/mol. The van der Waals surface area contributed by atoms with Gasteiger partial charge in [0.2, 0.25) is 16.0 Å². The fourth-order valence-electron chi connectivity index (χ4n) is 9.45. The molecule has 15 atom stereocenters. The summed E-state index contributed by atoms with van der Waals surface area (Å²) in [5.74, 6) is -6.63. The zero-order valence-corrected chi connectivity index (χ0v) is 52.5. The molecule has 3 fully saturated rings. The molecule has 3 aliphatic rings. The van der Waals surface area contributed by atoms with Crippen LogP contribution in [0, 0.1) is 5.41 Å². The smallest absolute Gasteiger partial charge is 0.407 e. The molecule has 2 N–H and O–H groups in total. The molecule has 0 aromatic heterocycles. The lowest BCUT2D eigenvalue weighted by atomic mass is 9.94. The number of ether oxygens (including phenoxy) is 15. The van der Waals surface area contributed by atoms with E-state index >= 15 is 0 Å². The van der Waals surface area contributed by atoms with Crippen molar-refractivity contribution in [3.63, 3.8) is 0 Å². The number of hydrogen-bond donors (Lipinski definition) is 2. The molecule has 3 heterocycles. The van der Waals surface area contributed by atoms with Gasteiger partial charge in [0.05, 0.1) is 37.1 Å². The van der Waals surface area contributed by atoms with E-state index in [1.807, 2.05) is 0 Å². The summed E-state index contributed by atoms with van der Waals surface area (Å²) in [5, 5.41) is 11.4. The summed E-state index contributed by atoms with van der Waals surface area (Å²) in [6, 6.07) is 31.2. The lowest BCUT2D eigenvalue weighted by Gasteiger charge is -2.51. The number of rotatable bonds is 23. The first kappa shape index (κ1) is 70.4. The number of alkyl carbamates (subject to hydrolysis) is 1. The lowest BCUT2D eigenvalue weighted by molar-refractivity contribution is -0.372. The highest BCUT2D eigenvalue weighted by Crippen LogP contribution is 2.40. The monoisotopic (exact) mass is 1360 g/mol. The van der Waals surface area contributed by atoms with Gasteiger partial charge in [0.25, 0.3) is 3.79 Å². The van der Waals surface area contributed by atoms with Crippen LogP contribution in [0.3, 0.4) is 0 Å². The molecule has 89 heavy (non-hydrogen) atoms. The maximum atomic E-state index is 14.4. The van der Waals surface area contributed by atoms with Crippen molar-refractivity contribution >= 4 is 117 Å². The molecule has 482 valence electrons. The maximum Gasteiger partial charge on any atom is 0.407 e. The van der Waals surface area contributed by atoms with Crippen molar-refractivity contribution in [1.29, 1.82) is 5.41 Å². The predicted molar refractivity (Wildman–Crippen MR) is 315 cm³/mol. The van der Waals surface area contributed by atoms with E-state index in [0.717, 1.165) is 27.7 Å². The zero-order valence-electron chi connectivity index (χ0n) is 48.0. The Kier molecular flexibility index (Phi) is 25.9. The average Bonchev–Trinajstić information content (AvgIpc) is 1.08. The Hall–Kier alpha value is -6.10.